The number of rotatable bonds is 3. The summed E-state index contributed by atoms with van der Waals surface area (Å²) in [6.45, 7) is 11.7. The highest BCUT2D eigenvalue weighted by Gasteiger charge is 2.39. The SMILES string of the molecule is CC(C)(C)OC(=O)N1CCC(C)(N2CCC(Oc3ccc(Br)cc3)CC2)CC1. The third-order valence-electron chi connectivity index (χ3n) is 5.81. The van der Waals surface area contributed by atoms with Crippen molar-refractivity contribution >= 4 is 22.0 Å². The van der Waals surface area contributed by atoms with Crippen LogP contribution in [0.3, 0.4) is 0 Å². The van der Waals surface area contributed by atoms with Crippen LogP contribution >= 0.6 is 15.9 Å². The molecular weight excluding hydrogens is 420 g/mol. The number of benzene rings is 1. The van der Waals surface area contributed by atoms with Gasteiger partial charge in [0.05, 0.1) is 0 Å². The molecule has 1 amide bonds. The van der Waals surface area contributed by atoms with Crippen molar-refractivity contribution in [1.29, 1.82) is 0 Å². The van der Waals surface area contributed by atoms with Crippen LogP contribution in [-0.4, -0.2) is 59.3 Å². The van der Waals surface area contributed by atoms with E-state index < -0.39 is 5.60 Å². The number of hydrogen-bond donors (Lipinski definition) is 0. The van der Waals surface area contributed by atoms with Crippen molar-refractivity contribution in [1.82, 2.24) is 9.80 Å². The maximum absolute atomic E-state index is 12.3. The molecule has 5 nitrogen and oxygen atoms in total. The fourth-order valence-corrected chi connectivity index (χ4v) is 4.30. The first-order valence-electron chi connectivity index (χ1n) is 10.3. The van der Waals surface area contributed by atoms with Gasteiger partial charge in [-0.1, -0.05) is 15.9 Å². The summed E-state index contributed by atoms with van der Waals surface area (Å²) < 4.78 is 12.7. The second-order valence-corrected chi connectivity index (χ2v) is 10.1. The Hall–Kier alpha value is -1.27. The molecule has 0 saturated carbocycles. The average molecular weight is 453 g/mol. The van der Waals surface area contributed by atoms with E-state index in [4.69, 9.17) is 9.47 Å². The molecule has 0 aromatic heterocycles. The van der Waals surface area contributed by atoms with Crippen LogP contribution in [0, 0.1) is 0 Å². The Balaban J connectivity index is 1.46. The quantitative estimate of drug-likeness (QED) is 0.640. The standard InChI is InChI=1S/C22H33BrN2O3/c1-21(2,3)28-20(26)24-15-11-22(4,12-16-24)25-13-9-19(10-14-25)27-18-7-5-17(23)6-8-18/h5-8,19H,9-16H2,1-4H3. The minimum Gasteiger partial charge on any atom is -0.490 e. The van der Waals surface area contributed by atoms with Crippen molar-refractivity contribution in [3.05, 3.63) is 28.7 Å². The minimum absolute atomic E-state index is 0.154. The minimum atomic E-state index is -0.436. The van der Waals surface area contributed by atoms with E-state index in [0.29, 0.717) is 0 Å². The lowest BCUT2D eigenvalue weighted by Crippen LogP contribution is -2.57. The molecule has 2 aliphatic rings. The Morgan fingerprint density at radius 2 is 1.64 bits per heavy atom. The molecule has 6 heteroatoms. The highest BCUT2D eigenvalue weighted by molar-refractivity contribution is 9.10. The molecule has 3 rings (SSSR count). The summed E-state index contributed by atoms with van der Waals surface area (Å²) in [5.74, 6) is 0.943. The fraction of sp³-hybridized carbons (Fsp3) is 0.682. The molecule has 1 aromatic rings. The van der Waals surface area contributed by atoms with E-state index in [-0.39, 0.29) is 17.7 Å². The molecule has 0 N–H and O–H groups in total. The number of halogens is 1. The van der Waals surface area contributed by atoms with Gasteiger partial charge in [0.15, 0.2) is 0 Å². The Bertz CT molecular complexity index is 655. The largest absolute Gasteiger partial charge is 0.490 e. The molecule has 28 heavy (non-hydrogen) atoms. The maximum atomic E-state index is 12.3. The molecule has 0 atom stereocenters. The Morgan fingerprint density at radius 3 is 2.18 bits per heavy atom. The van der Waals surface area contributed by atoms with Crippen LogP contribution in [0.15, 0.2) is 28.7 Å². The maximum Gasteiger partial charge on any atom is 0.410 e. The van der Waals surface area contributed by atoms with Crippen LogP contribution in [0.2, 0.25) is 0 Å². The lowest BCUT2D eigenvalue weighted by Gasteiger charge is -2.49. The van der Waals surface area contributed by atoms with Gasteiger partial charge in [-0.3, -0.25) is 4.90 Å². The van der Waals surface area contributed by atoms with Gasteiger partial charge in [0.1, 0.15) is 17.5 Å². The highest BCUT2D eigenvalue weighted by atomic mass is 79.9. The molecule has 0 spiro atoms. The summed E-state index contributed by atoms with van der Waals surface area (Å²) in [6.07, 6.45) is 4.16. The van der Waals surface area contributed by atoms with Crippen molar-refractivity contribution in [3.8, 4) is 5.75 Å². The van der Waals surface area contributed by atoms with Gasteiger partial charge in [-0.2, -0.15) is 0 Å². The van der Waals surface area contributed by atoms with Crippen LogP contribution in [0.5, 0.6) is 5.75 Å². The first kappa shape index (κ1) is 21.4. The lowest BCUT2D eigenvalue weighted by atomic mass is 9.86. The fourth-order valence-electron chi connectivity index (χ4n) is 4.03. The van der Waals surface area contributed by atoms with Gasteiger partial charge in [-0.05, 0) is 77.6 Å². The van der Waals surface area contributed by atoms with Gasteiger partial charge in [0.2, 0.25) is 0 Å². The number of carbonyl (C=O) groups is 1. The van der Waals surface area contributed by atoms with Crippen molar-refractivity contribution in [2.45, 2.75) is 70.6 Å². The van der Waals surface area contributed by atoms with Gasteiger partial charge in [0, 0.05) is 36.2 Å². The van der Waals surface area contributed by atoms with Crippen molar-refractivity contribution in [2.75, 3.05) is 26.2 Å². The zero-order chi connectivity index (χ0) is 20.4. The van der Waals surface area contributed by atoms with Crippen LogP contribution in [-0.2, 0) is 4.74 Å². The topological polar surface area (TPSA) is 42.0 Å². The number of carbonyl (C=O) groups excluding carboxylic acids is 1. The smallest absolute Gasteiger partial charge is 0.410 e. The van der Waals surface area contributed by atoms with Crippen molar-refractivity contribution < 1.29 is 14.3 Å². The number of nitrogens with zero attached hydrogens (tertiary/aromatic N) is 2. The zero-order valence-corrected chi connectivity index (χ0v) is 19.1. The third kappa shape index (κ3) is 5.63. The van der Waals surface area contributed by atoms with Gasteiger partial charge in [-0.25, -0.2) is 4.79 Å². The van der Waals surface area contributed by atoms with Gasteiger partial charge < -0.3 is 14.4 Å². The molecule has 0 radical (unpaired) electrons. The molecule has 2 saturated heterocycles. The zero-order valence-electron chi connectivity index (χ0n) is 17.5. The van der Waals surface area contributed by atoms with Crippen molar-refractivity contribution in [3.63, 3.8) is 0 Å². The number of piperidine rings is 2. The second kappa shape index (κ2) is 8.62. The van der Waals surface area contributed by atoms with Crippen LogP contribution in [0.1, 0.15) is 53.4 Å². The summed E-state index contributed by atoms with van der Waals surface area (Å²) in [4.78, 5) is 16.8. The molecule has 0 unspecified atom stereocenters. The van der Waals surface area contributed by atoms with E-state index in [0.717, 1.165) is 62.1 Å². The van der Waals surface area contributed by atoms with E-state index in [1.54, 1.807) is 0 Å². The average Bonchev–Trinajstić information content (AvgIpc) is 2.63. The Labute approximate surface area is 177 Å². The number of likely N-dealkylation sites (tertiary alicyclic amines) is 2. The van der Waals surface area contributed by atoms with Gasteiger partial charge in [0.25, 0.3) is 0 Å². The van der Waals surface area contributed by atoms with Crippen molar-refractivity contribution in [2.24, 2.45) is 0 Å². The van der Waals surface area contributed by atoms with Crippen LogP contribution in [0.4, 0.5) is 4.79 Å². The van der Waals surface area contributed by atoms with Crippen LogP contribution < -0.4 is 4.74 Å². The third-order valence-corrected chi connectivity index (χ3v) is 6.34. The molecule has 0 aliphatic carbocycles. The first-order chi connectivity index (χ1) is 13.1. The highest BCUT2D eigenvalue weighted by Crippen LogP contribution is 2.32. The molecule has 1 aromatic carbocycles. The molecule has 2 heterocycles. The second-order valence-electron chi connectivity index (χ2n) is 9.22. The van der Waals surface area contributed by atoms with E-state index in [2.05, 4.69) is 27.8 Å². The first-order valence-corrected chi connectivity index (χ1v) is 11.1. The normalized spacial score (nSPS) is 21.4. The monoisotopic (exact) mass is 452 g/mol. The molecule has 2 fully saturated rings. The van der Waals surface area contributed by atoms with Gasteiger partial charge in [-0.15, -0.1) is 0 Å². The molecule has 0 bridgehead atoms. The summed E-state index contributed by atoms with van der Waals surface area (Å²) >= 11 is 3.46. The number of ether oxygens (including phenoxy) is 2. The number of hydrogen-bond acceptors (Lipinski definition) is 4. The summed E-state index contributed by atoms with van der Waals surface area (Å²) in [6, 6.07) is 8.07. The molecule has 156 valence electrons. The summed E-state index contributed by atoms with van der Waals surface area (Å²) in [5, 5.41) is 0. The number of amides is 1. The van der Waals surface area contributed by atoms with E-state index in [9.17, 15) is 4.79 Å². The Morgan fingerprint density at radius 1 is 1.07 bits per heavy atom. The van der Waals surface area contributed by atoms with E-state index >= 15 is 0 Å². The van der Waals surface area contributed by atoms with Gasteiger partial charge >= 0.3 is 6.09 Å². The molecule has 2 aliphatic heterocycles. The predicted octanol–water partition coefficient (Wildman–Crippen LogP) is 5.08. The van der Waals surface area contributed by atoms with E-state index in [1.165, 1.54) is 0 Å². The molecular formula is C22H33BrN2O3. The Kier molecular flexibility index (Phi) is 6.60. The summed E-state index contributed by atoms with van der Waals surface area (Å²) in [5.41, 5.74) is -0.282. The predicted molar refractivity (Wildman–Crippen MR) is 115 cm³/mol. The summed E-state index contributed by atoms with van der Waals surface area (Å²) in [7, 11) is 0. The van der Waals surface area contributed by atoms with E-state index in [1.807, 2.05) is 49.9 Å². The lowest BCUT2D eigenvalue weighted by molar-refractivity contribution is -0.0175. The van der Waals surface area contributed by atoms with Crippen LogP contribution in [0.25, 0.3) is 0 Å².